The fourth-order valence-electron chi connectivity index (χ4n) is 6.37. The van der Waals surface area contributed by atoms with Gasteiger partial charge in [0.25, 0.3) is 0 Å². The Kier molecular flexibility index (Phi) is 17.2. The Balaban J connectivity index is 1.86. The van der Waals surface area contributed by atoms with Gasteiger partial charge in [0.05, 0.1) is 35.0 Å². The highest BCUT2D eigenvalue weighted by Crippen LogP contribution is 2.29. The van der Waals surface area contributed by atoms with Gasteiger partial charge in [-0.25, -0.2) is 17.7 Å². The number of thiazole rings is 1. The second kappa shape index (κ2) is 20.7. The number of terminal acetylenes is 1. The number of likely N-dealkylation sites (N-methyl/N-ethyl adjacent to an activating group) is 2. The van der Waals surface area contributed by atoms with Crippen molar-refractivity contribution >= 4 is 33.2 Å². The zero-order chi connectivity index (χ0) is 35.8. The van der Waals surface area contributed by atoms with Crippen LogP contribution in [0.25, 0.3) is 0 Å². The maximum absolute atomic E-state index is 14.1. The molecule has 13 heteroatoms. The zero-order valence-electron chi connectivity index (χ0n) is 29.2. The van der Waals surface area contributed by atoms with Gasteiger partial charge in [-0.15, -0.1) is 23.7 Å². The van der Waals surface area contributed by atoms with Crippen molar-refractivity contribution in [2.45, 2.75) is 95.9 Å². The first-order chi connectivity index (χ1) is 23.5. The van der Waals surface area contributed by atoms with E-state index in [2.05, 4.69) is 26.4 Å². The SMILES string of the molecule is C#CC[C@H](O)[C@H](O)[C@H](CC1CCCCC1)NC(=O)[C@H](Cc1cscn1)NC(=O)[C@H](Cc1ccccc1)CS(=O)(=O)N(C)CCN(CC)CC. The number of amides is 2. The third-order valence-corrected chi connectivity index (χ3v) is 12.1. The first-order valence-corrected chi connectivity index (χ1v) is 20.0. The molecule has 1 aromatic carbocycles. The Hall–Kier alpha value is -2.86. The number of hydrogen-bond acceptors (Lipinski definition) is 9. The number of hydrogen-bond donors (Lipinski definition) is 4. The molecule has 1 fully saturated rings. The minimum Gasteiger partial charge on any atom is -0.389 e. The van der Waals surface area contributed by atoms with Crippen LogP contribution in [0.3, 0.4) is 0 Å². The first kappa shape index (κ1) is 40.6. The van der Waals surface area contributed by atoms with Gasteiger partial charge < -0.3 is 25.7 Å². The molecule has 5 atom stereocenters. The second-order valence-corrected chi connectivity index (χ2v) is 15.9. The topological polar surface area (TPSA) is 152 Å². The van der Waals surface area contributed by atoms with Crippen LogP contribution in [-0.4, -0.2) is 108 Å². The van der Waals surface area contributed by atoms with E-state index >= 15 is 0 Å². The van der Waals surface area contributed by atoms with Gasteiger partial charge in [0.1, 0.15) is 12.1 Å². The minimum atomic E-state index is -3.85. The molecule has 272 valence electrons. The molecule has 11 nitrogen and oxygen atoms in total. The summed E-state index contributed by atoms with van der Waals surface area (Å²) in [5.41, 5.74) is 3.02. The molecule has 4 N–H and O–H groups in total. The number of carbonyl (C=O) groups is 2. The number of benzene rings is 1. The van der Waals surface area contributed by atoms with E-state index in [0.717, 1.165) is 50.8 Å². The van der Waals surface area contributed by atoms with Crippen molar-refractivity contribution in [1.29, 1.82) is 0 Å². The molecule has 0 unspecified atom stereocenters. The average molecular weight is 718 g/mol. The van der Waals surface area contributed by atoms with Crippen LogP contribution in [0.2, 0.25) is 0 Å². The fourth-order valence-corrected chi connectivity index (χ4v) is 8.34. The Morgan fingerprint density at radius 3 is 2.35 bits per heavy atom. The van der Waals surface area contributed by atoms with Gasteiger partial charge in [0.15, 0.2) is 0 Å². The predicted molar refractivity (Wildman–Crippen MR) is 194 cm³/mol. The molecule has 2 aromatic rings. The fraction of sp³-hybridized carbons (Fsp3) is 0.639. The van der Waals surface area contributed by atoms with E-state index in [1.54, 1.807) is 10.9 Å². The van der Waals surface area contributed by atoms with Crippen LogP contribution in [0.5, 0.6) is 0 Å². The van der Waals surface area contributed by atoms with E-state index in [1.165, 1.54) is 22.7 Å². The Bertz CT molecular complexity index is 1410. The van der Waals surface area contributed by atoms with E-state index in [0.29, 0.717) is 18.7 Å². The van der Waals surface area contributed by atoms with Gasteiger partial charge in [0.2, 0.25) is 21.8 Å². The van der Waals surface area contributed by atoms with Crippen molar-refractivity contribution in [3.8, 4) is 12.3 Å². The minimum absolute atomic E-state index is 0.0643. The van der Waals surface area contributed by atoms with Gasteiger partial charge in [0, 0.05) is 38.4 Å². The summed E-state index contributed by atoms with van der Waals surface area (Å²) in [7, 11) is -2.32. The van der Waals surface area contributed by atoms with E-state index in [4.69, 9.17) is 6.42 Å². The molecular weight excluding hydrogens is 663 g/mol. The lowest BCUT2D eigenvalue weighted by Gasteiger charge is -2.33. The van der Waals surface area contributed by atoms with Crippen LogP contribution >= 0.6 is 11.3 Å². The smallest absolute Gasteiger partial charge is 0.243 e. The van der Waals surface area contributed by atoms with Crippen molar-refractivity contribution in [2.75, 3.05) is 39.0 Å². The number of aromatic nitrogens is 1. The summed E-state index contributed by atoms with van der Waals surface area (Å²) in [5.74, 6) is 0.0885. The summed E-state index contributed by atoms with van der Waals surface area (Å²) in [6, 6.07) is 7.29. The molecule has 49 heavy (non-hydrogen) atoms. The van der Waals surface area contributed by atoms with Crippen molar-refractivity contribution in [3.05, 3.63) is 52.5 Å². The summed E-state index contributed by atoms with van der Waals surface area (Å²) < 4.78 is 28.5. The summed E-state index contributed by atoms with van der Waals surface area (Å²) in [6.07, 6.45) is 8.67. The van der Waals surface area contributed by atoms with Crippen LogP contribution in [0, 0.1) is 24.2 Å². The van der Waals surface area contributed by atoms with Gasteiger partial charge in [-0.2, -0.15) is 0 Å². The number of aliphatic hydroxyl groups is 2. The third-order valence-electron chi connectivity index (χ3n) is 9.51. The molecule has 3 rings (SSSR count). The van der Waals surface area contributed by atoms with E-state index in [-0.39, 0.29) is 31.7 Å². The van der Waals surface area contributed by atoms with Crippen LogP contribution in [0.15, 0.2) is 41.2 Å². The van der Waals surface area contributed by atoms with Crippen LogP contribution < -0.4 is 10.6 Å². The molecular formula is C36H55N5O6S2. The number of carbonyl (C=O) groups excluding carboxylic acids is 2. The average Bonchev–Trinajstić information content (AvgIpc) is 3.61. The molecule has 2 amide bonds. The Morgan fingerprint density at radius 2 is 1.73 bits per heavy atom. The van der Waals surface area contributed by atoms with Crippen LogP contribution in [0.4, 0.5) is 0 Å². The van der Waals surface area contributed by atoms with Gasteiger partial charge in [-0.1, -0.05) is 76.3 Å². The number of nitrogens with zero attached hydrogens (tertiary/aromatic N) is 3. The lowest BCUT2D eigenvalue weighted by molar-refractivity contribution is -0.132. The van der Waals surface area contributed by atoms with Gasteiger partial charge in [-0.05, 0) is 37.4 Å². The lowest BCUT2D eigenvalue weighted by atomic mass is 9.82. The molecule has 1 aromatic heterocycles. The molecule has 1 saturated carbocycles. The number of nitrogens with one attached hydrogen (secondary N) is 2. The van der Waals surface area contributed by atoms with Crippen molar-refractivity contribution < 1.29 is 28.2 Å². The molecule has 1 heterocycles. The molecule has 1 aliphatic carbocycles. The van der Waals surface area contributed by atoms with E-state index < -0.39 is 57.8 Å². The summed E-state index contributed by atoms with van der Waals surface area (Å²) >= 11 is 1.36. The highest BCUT2D eigenvalue weighted by atomic mass is 32.2. The van der Waals surface area contributed by atoms with Crippen LogP contribution in [-0.2, 0) is 32.5 Å². The van der Waals surface area contributed by atoms with Crippen LogP contribution in [0.1, 0.15) is 70.1 Å². The number of rotatable bonds is 21. The molecule has 1 aliphatic rings. The van der Waals surface area contributed by atoms with E-state index in [1.807, 2.05) is 44.2 Å². The van der Waals surface area contributed by atoms with Crippen molar-refractivity contribution in [2.24, 2.45) is 11.8 Å². The Morgan fingerprint density at radius 1 is 1.04 bits per heavy atom. The highest BCUT2D eigenvalue weighted by Gasteiger charge is 2.35. The summed E-state index contributed by atoms with van der Waals surface area (Å²) in [6.45, 7) is 6.50. The van der Waals surface area contributed by atoms with Crippen molar-refractivity contribution in [1.82, 2.24) is 24.8 Å². The molecule has 0 aliphatic heterocycles. The molecule has 0 bridgehead atoms. The summed E-state index contributed by atoms with van der Waals surface area (Å²) in [4.78, 5) is 34.5. The Labute approximate surface area is 296 Å². The van der Waals surface area contributed by atoms with Gasteiger partial charge >= 0.3 is 0 Å². The second-order valence-electron chi connectivity index (χ2n) is 13.1. The highest BCUT2D eigenvalue weighted by molar-refractivity contribution is 7.89. The molecule has 0 radical (unpaired) electrons. The van der Waals surface area contributed by atoms with E-state index in [9.17, 15) is 28.2 Å². The molecule has 0 spiro atoms. The predicted octanol–water partition coefficient (Wildman–Crippen LogP) is 2.83. The third kappa shape index (κ3) is 13.4. The first-order valence-electron chi connectivity index (χ1n) is 17.4. The zero-order valence-corrected chi connectivity index (χ0v) is 30.8. The number of aliphatic hydroxyl groups excluding tert-OH is 2. The van der Waals surface area contributed by atoms with Crippen molar-refractivity contribution in [3.63, 3.8) is 0 Å². The molecule has 0 saturated heterocycles. The maximum atomic E-state index is 14.1. The monoisotopic (exact) mass is 717 g/mol. The largest absolute Gasteiger partial charge is 0.389 e. The number of sulfonamides is 1. The normalized spacial score (nSPS) is 17.2. The maximum Gasteiger partial charge on any atom is 0.243 e. The quantitative estimate of drug-likeness (QED) is 0.144. The summed E-state index contributed by atoms with van der Waals surface area (Å²) in [5, 5.41) is 29.3. The standard InChI is InChI=1S/C36H55N5O6S2/c1-5-14-33(42)34(43)31(22-28-17-12-9-13-18-28)38-36(45)32(23-30-24-48-26-37-30)39-35(44)29(21-27-15-10-8-11-16-27)25-49(46,47)40(4)19-20-41(6-2)7-3/h1,8,10-11,15-16,24,26,28-29,31-34,42-43H,6-7,9,12-14,17-23,25H2,2-4H3,(H,38,45)(H,39,44)/t29-,31+,32+,33+,34-/m1/s1. The lowest BCUT2D eigenvalue weighted by Crippen LogP contribution is -2.56. The van der Waals surface area contributed by atoms with Gasteiger partial charge in [-0.3, -0.25) is 9.59 Å².